The van der Waals surface area contributed by atoms with Gasteiger partial charge >= 0.3 is 0 Å². The first-order valence-electron chi connectivity index (χ1n) is 6.35. The second-order valence-corrected chi connectivity index (χ2v) is 6.84. The minimum atomic E-state index is -0.155. The van der Waals surface area contributed by atoms with E-state index in [0.29, 0.717) is 4.60 Å². The van der Waals surface area contributed by atoms with Crippen molar-refractivity contribution in [3.8, 4) is 11.3 Å². The number of halogens is 1. The van der Waals surface area contributed by atoms with E-state index in [2.05, 4.69) is 55.5 Å². The van der Waals surface area contributed by atoms with E-state index in [-0.39, 0.29) is 5.56 Å². The molecule has 108 valence electrons. The van der Waals surface area contributed by atoms with Crippen molar-refractivity contribution in [3.05, 3.63) is 55.0 Å². The summed E-state index contributed by atoms with van der Waals surface area (Å²) in [6.45, 7) is 2.83. The molecular weight excluding hydrogens is 352 g/mol. The van der Waals surface area contributed by atoms with Crippen LogP contribution in [0.5, 0.6) is 0 Å². The number of aromatic nitrogens is 3. The summed E-state index contributed by atoms with van der Waals surface area (Å²) in [6, 6.07) is 9.47. The number of nitrogens with zero attached hydrogens (tertiary/aromatic N) is 1. The van der Waals surface area contributed by atoms with E-state index in [4.69, 9.17) is 0 Å². The summed E-state index contributed by atoms with van der Waals surface area (Å²) in [5, 5.41) is 10.4. The summed E-state index contributed by atoms with van der Waals surface area (Å²) in [6.07, 6.45) is 0. The summed E-state index contributed by atoms with van der Waals surface area (Å²) in [7, 11) is 0. The fourth-order valence-corrected chi connectivity index (χ4v) is 3.25. The van der Waals surface area contributed by atoms with Gasteiger partial charge in [0, 0.05) is 27.5 Å². The van der Waals surface area contributed by atoms with Crippen molar-refractivity contribution in [2.75, 3.05) is 5.32 Å². The van der Waals surface area contributed by atoms with Crippen molar-refractivity contribution < 1.29 is 0 Å². The molecule has 5 nitrogen and oxygen atoms in total. The molecule has 3 N–H and O–H groups in total. The van der Waals surface area contributed by atoms with Crippen LogP contribution in [0.15, 0.2) is 39.7 Å². The first-order valence-corrected chi connectivity index (χ1v) is 7.96. The van der Waals surface area contributed by atoms with Crippen LogP contribution in [-0.2, 0) is 6.54 Å². The average Bonchev–Trinajstić information content (AvgIpc) is 3.04. The van der Waals surface area contributed by atoms with Gasteiger partial charge in [0.05, 0.1) is 16.8 Å². The van der Waals surface area contributed by atoms with Gasteiger partial charge in [-0.1, -0.05) is 0 Å². The highest BCUT2D eigenvalue weighted by Gasteiger charge is 2.06. The zero-order valence-corrected chi connectivity index (χ0v) is 13.6. The van der Waals surface area contributed by atoms with Gasteiger partial charge < -0.3 is 10.3 Å². The van der Waals surface area contributed by atoms with E-state index in [0.717, 1.165) is 23.6 Å². The third-order valence-electron chi connectivity index (χ3n) is 2.94. The Morgan fingerprint density at radius 2 is 2.19 bits per heavy atom. The number of thiophene rings is 1. The zero-order chi connectivity index (χ0) is 14.8. The first kappa shape index (κ1) is 14.1. The van der Waals surface area contributed by atoms with E-state index < -0.39 is 0 Å². The quantitative estimate of drug-likeness (QED) is 0.620. The van der Waals surface area contributed by atoms with Gasteiger partial charge in [0.1, 0.15) is 5.82 Å². The molecule has 3 aromatic rings. The molecule has 3 heterocycles. The summed E-state index contributed by atoms with van der Waals surface area (Å²) >= 11 is 5.04. The standard InChI is InChI=1S/C14H13BrN4OS/c1-8-2-3-10(21-8)7-16-13-6-11(18-19-13)9-4-12(15)17-14(20)5-9/h2-6H,7H2,1H3,(H,17,20)(H2,16,18,19). The van der Waals surface area contributed by atoms with Crippen LogP contribution in [0.3, 0.4) is 0 Å². The maximum Gasteiger partial charge on any atom is 0.249 e. The van der Waals surface area contributed by atoms with Crippen LogP contribution in [0.4, 0.5) is 5.82 Å². The summed E-state index contributed by atoms with van der Waals surface area (Å²) in [5.74, 6) is 0.757. The molecule has 0 amide bonds. The maximum atomic E-state index is 11.5. The van der Waals surface area contributed by atoms with Crippen LogP contribution in [0.25, 0.3) is 11.3 Å². The predicted octanol–water partition coefficient (Wildman–Crippen LogP) is 3.51. The Kier molecular flexibility index (Phi) is 3.94. The molecule has 0 fully saturated rings. The lowest BCUT2D eigenvalue weighted by atomic mass is 10.2. The fourth-order valence-electron chi connectivity index (χ4n) is 1.98. The Labute approximate surface area is 133 Å². The van der Waals surface area contributed by atoms with Crippen LogP contribution in [0.2, 0.25) is 0 Å². The Morgan fingerprint density at radius 3 is 2.90 bits per heavy atom. The van der Waals surface area contributed by atoms with Crippen LogP contribution in [0.1, 0.15) is 9.75 Å². The summed E-state index contributed by atoms with van der Waals surface area (Å²) in [4.78, 5) is 16.7. The van der Waals surface area contributed by atoms with Crippen molar-refractivity contribution in [1.82, 2.24) is 15.2 Å². The van der Waals surface area contributed by atoms with Crippen molar-refractivity contribution >= 4 is 33.1 Å². The Balaban J connectivity index is 1.75. The SMILES string of the molecule is Cc1ccc(CNc2cc(-c3cc(Br)[nH]c(=O)c3)[nH]n2)s1. The molecule has 0 unspecified atom stereocenters. The van der Waals surface area contributed by atoms with E-state index in [9.17, 15) is 4.79 Å². The summed E-state index contributed by atoms with van der Waals surface area (Å²) < 4.78 is 0.642. The van der Waals surface area contributed by atoms with Gasteiger partial charge in [0.2, 0.25) is 5.56 Å². The van der Waals surface area contributed by atoms with Gasteiger partial charge in [-0.2, -0.15) is 5.10 Å². The van der Waals surface area contributed by atoms with Gasteiger partial charge in [0.15, 0.2) is 0 Å². The molecule has 3 aromatic heterocycles. The van der Waals surface area contributed by atoms with Crippen LogP contribution < -0.4 is 10.9 Å². The van der Waals surface area contributed by atoms with Crippen LogP contribution in [0, 0.1) is 6.92 Å². The number of aromatic amines is 2. The number of rotatable bonds is 4. The van der Waals surface area contributed by atoms with Gasteiger partial charge in [-0.3, -0.25) is 9.89 Å². The maximum absolute atomic E-state index is 11.5. The number of hydrogen-bond acceptors (Lipinski definition) is 4. The van der Waals surface area contributed by atoms with Crippen LogP contribution in [-0.4, -0.2) is 15.2 Å². The van der Waals surface area contributed by atoms with Gasteiger partial charge in [0.25, 0.3) is 0 Å². The lowest BCUT2D eigenvalue weighted by Crippen LogP contribution is -2.03. The minimum Gasteiger partial charge on any atom is -0.364 e. The Hall–Kier alpha value is -1.86. The van der Waals surface area contributed by atoms with E-state index >= 15 is 0 Å². The Morgan fingerprint density at radius 1 is 1.33 bits per heavy atom. The van der Waals surface area contributed by atoms with Crippen molar-refractivity contribution in [2.24, 2.45) is 0 Å². The van der Waals surface area contributed by atoms with Gasteiger partial charge in [-0.05, 0) is 41.1 Å². The topological polar surface area (TPSA) is 73.6 Å². The normalized spacial score (nSPS) is 10.8. The van der Waals surface area contributed by atoms with Crippen molar-refractivity contribution in [2.45, 2.75) is 13.5 Å². The second-order valence-electron chi connectivity index (χ2n) is 4.61. The van der Waals surface area contributed by atoms with E-state index in [1.165, 1.54) is 15.8 Å². The predicted molar refractivity (Wildman–Crippen MR) is 88.7 cm³/mol. The molecule has 0 aliphatic rings. The smallest absolute Gasteiger partial charge is 0.249 e. The summed E-state index contributed by atoms with van der Waals surface area (Å²) in [5.41, 5.74) is 1.43. The number of anilines is 1. The highest BCUT2D eigenvalue weighted by Crippen LogP contribution is 2.21. The molecule has 0 aromatic carbocycles. The molecule has 0 atom stereocenters. The highest BCUT2D eigenvalue weighted by molar-refractivity contribution is 9.10. The van der Waals surface area contributed by atoms with Crippen LogP contribution >= 0.6 is 27.3 Å². The zero-order valence-electron chi connectivity index (χ0n) is 11.2. The number of nitrogens with one attached hydrogen (secondary N) is 3. The second kappa shape index (κ2) is 5.87. The molecule has 0 aliphatic heterocycles. The molecule has 3 rings (SSSR count). The largest absolute Gasteiger partial charge is 0.364 e. The van der Waals surface area contributed by atoms with Gasteiger partial charge in [-0.15, -0.1) is 11.3 Å². The van der Waals surface area contributed by atoms with E-state index in [1.807, 2.05) is 12.1 Å². The number of hydrogen-bond donors (Lipinski definition) is 3. The third-order valence-corrected chi connectivity index (χ3v) is 4.37. The van der Waals surface area contributed by atoms with Crippen molar-refractivity contribution in [3.63, 3.8) is 0 Å². The molecule has 0 saturated carbocycles. The number of aryl methyl sites for hydroxylation is 1. The average molecular weight is 365 g/mol. The lowest BCUT2D eigenvalue weighted by Gasteiger charge is -1.99. The molecule has 7 heteroatoms. The number of pyridine rings is 1. The molecule has 21 heavy (non-hydrogen) atoms. The third kappa shape index (κ3) is 3.43. The first-order chi connectivity index (χ1) is 10.1. The van der Waals surface area contributed by atoms with Crippen molar-refractivity contribution in [1.29, 1.82) is 0 Å². The molecular formula is C14H13BrN4OS. The minimum absolute atomic E-state index is 0.155. The Bertz CT molecular complexity index is 820. The lowest BCUT2D eigenvalue weighted by molar-refractivity contribution is 1.06. The molecule has 0 aliphatic carbocycles. The molecule has 0 radical (unpaired) electrons. The van der Waals surface area contributed by atoms with Gasteiger partial charge in [-0.25, -0.2) is 0 Å². The highest BCUT2D eigenvalue weighted by atomic mass is 79.9. The molecule has 0 bridgehead atoms. The fraction of sp³-hybridized carbons (Fsp3) is 0.143. The molecule has 0 saturated heterocycles. The van der Waals surface area contributed by atoms with E-state index in [1.54, 1.807) is 11.3 Å². The number of H-pyrrole nitrogens is 2. The monoisotopic (exact) mass is 364 g/mol. The molecule has 0 spiro atoms.